The fourth-order valence-electron chi connectivity index (χ4n) is 5.03. The molecular weight excluding hydrogens is 398 g/mol. The fourth-order valence-corrected chi connectivity index (χ4v) is 6.23. The molecule has 1 aliphatic heterocycles. The quantitative estimate of drug-likeness (QED) is 0.608. The van der Waals surface area contributed by atoms with Crippen molar-refractivity contribution < 1.29 is 19.5 Å². The summed E-state index contributed by atoms with van der Waals surface area (Å²) >= 11 is 3.85. The van der Waals surface area contributed by atoms with Crippen molar-refractivity contribution in [3.05, 3.63) is 70.8 Å². The molecule has 6 heteroatoms. The molecule has 3 aliphatic carbocycles. The van der Waals surface area contributed by atoms with Gasteiger partial charge in [0.05, 0.1) is 16.2 Å². The molecule has 0 spiro atoms. The molecule has 2 aromatic rings. The molecule has 2 bridgehead atoms. The van der Waals surface area contributed by atoms with Crippen LogP contribution < -0.4 is 0 Å². The lowest BCUT2D eigenvalue weighted by Gasteiger charge is -2.51. The Bertz CT molecular complexity index is 953. The number of aliphatic carboxylic acids is 1. The number of nitrogens with zero attached hydrogens (tertiary/aromatic N) is 1. The predicted molar refractivity (Wildman–Crippen MR) is 95.8 cm³/mol. The van der Waals surface area contributed by atoms with Crippen LogP contribution in [0.25, 0.3) is 0 Å². The van der Waals surface area contributed by atoms with E-state index in [4.69, 9.17) is 5.11 Å². The standard InChI is InChI=1S/C20H14BrNO4/c21-20-12-7-3-1-5-10(12)15(11-6-2-4-8-13(11)20)16-17(20)19(26)22(18(16)25)9-14(23)24/h1-8,15-17H,9H2,(H,23,24)/t15?,16-,17-,20?/m0/s1. The van der Waals surface area contributed by atoms with E-state index in [0.29, 0.717) is 0 Å². The summed E-state index contributed by atoms with van der Waals surface area (Å²) in [4.78, 5) is 38.3. The largest absolute Gasteiger partial charge is 0.480 e. The smallest absolute Gasteiger partial charge is 0.323 e. The molecule has 4 aliphatic rings. The van der Waals surface area contributed by atoms with Crippen LogP contribution >= 0.6 is 15.9 Å². The summed E-state index contributed by atoms with van der Waals surface area (Å²) in [5.74, 6) is -3.43. The Hall–Kier alpha value is -2.47. The Morgan fingerprint density at radius 1 is 1.00 bits per heavy atom. The van der Waals surface area contributed by atoms with Crippen LogP contribution in [0.1, 0.15) is 28.2 Å². The number of carbonyl (C=O) groups excluding carboxylic acids is 2. The Kier molecular flexibility index (Phi) is 3.05. The second-order valence-corrected chi connectivity index (χ2v) is 8.27. The number of carboxylic acids is 1. The number of hydrogen-bond acceptors (Lipinski definition) is 3. The summed E-state index contributed by atoms with van der Waals surface area (Å²) in [7, 11) is 0. The normalized spacial score (nSPS) is 30.8. The summed E-state index contributed by atoms with van der Waals surface area (Å²) in [6, 6.07) is 15.7. The number of hydrogen-bond donors (Lipinski definition) is 1. The van der Waals surface area contributed by atoms with E-state index in [-0.39, 0.29) is 11.8 Å². The molecule has 6 rings (SSSR count). The van der Waals surface area contributed by atoms with Crippen molar-refractivity contribution in [1.82, 2.24) is 4.90 Å². The zero-order valence-electron chi connectivity index (χ0n) is 13.6. The number of imide groups is 1. The average molecular weight is 412 g/mol. The van der Waals surface area contributed by atoms with Crippen molar-refractivity contribution in [2.75, 3.05) is 6.54 Å². The Morgan fingerprint density at radius 2 is 1.54 bits per heavy atom. The van der Waals surface area contributed by atoms with Gasteiger partial charge in [0.2, 0.25) is 11.8 Å². The molecule has 1 heterocycles. The number of amides is 2. The first-order chi connectivity index (χ1) is 12.5. The van der Waals surface area contributed by atoms with E-state index in [0.717, 1.165) is 27.2 Å². The summed E-state index contributed by atoms with van der Waals surface area (Å²) in [6.07, 6.45) is 0. The van der Waals surface area contributed by atoms with E-state index in [2.05, 4.69) is 15.9 Å². The molecule has 26 heavy (non-hydrogen) atoms. The number of likely N-dealkylation sites (tertiary alicyclic amines) is 1. The van der Waals surface area contributed by atoms with Gasteiger partial charge < -0.3 is 5.11 Å². The van der Waals surface area contributed by atoms with Crippen molar-refractivity contribution in [1.29, 1.82) is 0 Å². The average Bonchev–Trinajstić information content (AvgIpc) is 2.88. The third kappa shape index (κ3) is 1.68. The van der Waals surface area contributed by atoms with Gasteiger partial charge in [-0.25, -0.2) is 0 Å². The number of halogens is 1. The number of alkyl halides is 1. The molecular formula is C20H14BrNO4. The van der Waals surface area contributed by atoms with Gasteiger partial charge in [-0.15, -0.1) is 0 Å². The lowest BCUT2D eigenvalue weighted by Crippen LogP contribution is -2.50. The van der Waals surface area contributed by atoms with Gasteiger partial charge in [0.25, 0.3) is 0 Å². The number of benzene rings is 2. The lowest BCUT2D eigenvalue weighted by molar-refractivity contribution is -0.149. The highest BCUT2D eigenvalue weighted by atomic mass is 79.9. The van der Waals surface area contributed by atoms with Crippen LogP contribution in [0.2, 0.25) is 0 Å². The highest BCUT2D eigenvalue weighted by molar-refractivity contribution is 9.09. The minimum absolute atomic E-state index is 0.234. The monoisotopic (exact) mass is 411 g/mol. The first-order valence-electron chi connectivity index (χ1n) is 8.41. The summed E-state index contributed by atoms with van der Waals surface area (Å²) in [6.45, 7) is -0.590. The van der Waals surface area contributed by atoms with E-state index in [1.807, 2.05) is 48.5 Å². The van der Waals surface area contributed by atoms with Crippen LogP contribution in [0.4, 0.5) is 0 Å². The molecule has 0 unspecified atom stereocenters. The van der Waals surface area contributed by atoms with Gasteiger partial charge in [0, 0.05) is 5.92 Å². The molecule has 0 aromatic heterocycles. The van der Waals surface area contributed by atoms with Gasteiger partial charge in [-0.1, -0.05) is 64.5 Å². The zero-order valence-corrected chi connectivity index (χ0v) is 15.1. The maximum absolute atomic E-state index is 13.1. The third-order valence-electron chi connectivity index (χ3n) is 5.90. The topological polar surface area (TPSA) is 74.7 Å². The van der Waals surface area contributed by atoms with Crippen molar-refractivity contribution >= 4 is 33.7 Å². The van der Waals surface area contributed by atoms with E-state index in [9.17, 15) is 14.4 Å². The fraction of sp³-hybridized carbons (Fsp3) is 0.250. The van der Waals surface area contributed by atoms with Crippen LogP contribution in [-0.4, -0.2) is 34.3 Å². The van der Waals surface area contributed by atoms with Crippen molar-refractivity contribution in [2.24, 2.45) is 11.8 Å². The van der Waals surface area contributed by atoms with Gasteiger partial charge in [-0.2, -0.15) is 0 Å². The molecule has 1 fully saturated rings. The molecule has 2 amide bonds. The maximum Gasteiger partial charge on any atom is 0.323 e. The molecule has 2 atom stereocenters. The minimum atomic E-state index is -1.18. The first kappa shape index (κ1) is 15.8. The molecule has 0 radical (unpaired) electrons. The highest BCUT2D eigenvalue weighted by Gasteiger charge is 2.67. The minimum Gasteiger partial charge on any atom is -0.480 e. The van der Waals surface area contributed by atoms with E-state index in [1.54, 1.807) is 0 Å². The van der Waals surface area contributed by atoms with Crippen LogP contribution in [0.15, 0.2) is 48.5 Å². The van der Waals surface area contributed by atoms with Gasteiger partial charge in [0.1, 0.15) is 6.54 Å². The Balaban J connectivity index is 1.80. The first-order valence-corrected chi connectivity index (χ1v) is 9.20. The van der Waals surface area contributed by atoms with Gasteiger partial charge >= 0.3 is 5.97 Å². The van der Waals surface area contributed by atoms with Crippen LogP contribution in [0, 0.1) is 11.8 Å². The molecule has 130 valence electrons. The van der Waals surface area contributed by atoms with Crippen LogP contribution in [0.5, 0.6) is 0 Å². The SMILES string of the molecule is O=C(O)CN1C(=O)[C@@H]2[C@@H](C1=O)C1c3ccccc3C2(Br)c2ccccc21. The highest BCUT2D eigenvalue weighted by Crippen LogP contribution is 2.66. The summed E-state index contributed by atoms with van der Waals surface area (Å²) < 4.78 is -0.820. The van der Waals surface area contributed by atoms with Gasteiger partial charge in [0.15, 0.2) is 0 Å². The van der Waals surface area contributed by atoms with Gasteiger partial charge in [-0.05, 0) is 22.3 Å². The summed E-state index contributed by atoms with van der Waals surface area (Å²) in [5, 5.41) is 9.14. The maximum atomic E-state index is 13.1. The van der Waals surface area contributed by atoms with E-state index < -0.39 is 34.6 Å². The van der Waals surface area contributed by atoms with Crippen LogP contribution in [-0.2, 0) is 18.7 Å². The number of carbonyl (C=O) groups is 3. The van der Waals surface area contributed by atoms with E-state index >= 15 is 0 Å². The molecule has 5 nitrogen and oxygen atoms in total. The molecule has 2 aromatic carbocycles. The van der Waals surface area contributed by atoms with Crippen molar-refractivity contribution in [3.8, 4) is 0 Å². The third-order valence-corrected chi connectivity index (χ3v) is 7.25. The van der Waals surface area contributed by atoms with Crippen molar-refractivity contribution in [2.45, 2.75) is 10.2 Å². The van der Waals surface area contributed by atoms with Crippen molar-refractivity contribution in [3.63, 3.8) is 0 Å². The second-order valence-electron chi connectivity index (χ2n) is 7.02. The lowest BCUT2D eigenvalue weighted by atomic mass is 9.55. The summed E-state index contributed by atoms with van der Waals surface area (Å²) in [5.41, 5.74) is 4.04. The Labute approximate surface area is 157 Å². The number of rotatable bonds is 2. The predicted octanol–water partition coefficient (Wildman–Crippen LogP) is 2.47. The molecule has 0 saturated carbocycles. The molecule has 1 saturated heterocycles. The van der Waals surface area contributed by atoms with Gasteiger partial charge in [-0.3, -0.25) is 19.3 Å². The zero-order chi connectivity index (χ0) is 18.2. The molecule has 1 N–H and O–H groups in total. The van der Waals surface area contributed by atoms with E-state index in [1.165, 1.54) is 0 Å². The number of carboxylic acid groups (broad SMARTS) is 1. The van der Waals surface area contributed by atoms with Crippen LogP contribution in [0.3, 0.4) is 0 Å². The second kappa shape index (κ2) is 5.04. The Morgan fingerprint density at radius 3 is 2.08 bits per heavy atom.